The van der Waals surface area contributed by atoms with Gasteiger partial charge < -0.3 is 5.32 Å². The molecular weight excluding hydrogens is 326 g/mol. The van der Waals surface area contributed by atoms with E-state index in [0.717, 1.165) is 36.6 Å². The number of alkyl halides is 1. The molecule has 21 heavy (non-hydrogen) atoms. The molecule has 2 unspecified atom stereocenters. The lowest BCUT2D eigenvalue weighted by atomic mass is 9.79. The predicted octanol–water partition coefficient (Wildman–Crippen LogP) is 4.91. The van der Waals surface area contributed by atoms with E-state index in [0.29, 0.717) is 17.7 Å². The first-order chi connectivity index (χ1) is 10.2. The van der Waals surface area contributed by atoms with Crippen LogP contribution in [0.15, 0.2) is 0 Å². The number of unbranched alkanes of at least 4 members (excludes halogenated alkanes) is 1. The highest BCUT2D eigenvalue weighted by Crippen LogP contribution is 2.34. The number of amides is 1. The van der Waals surface area contributed by atoms with E-state index in [1.54, 1.807) is 0 Å². The third kappa shape index (κ3) is 5.26. The maximum atomic E-state index is 12.3. The molecule has 2 aliphatic carbocycles. The summed E-state index contributed by atoms with van der Waals surface area (Å²) in [6.07, 6.45) is 12.8. The third-order valence-corrected chi connectivity index (χ3v) is 6.57. The Morgan fingerprint density at radius 1 is 1.10 bits per heavy atom. The number of hydrogen-bond acceptors (Lipinski definition) is 1. The van der Waals surface area contributed by atoms with Crippen molar-refractivity contribution in [2.45, 2.75) is 71.1 Å². The summed E-state index contributed by atoms with van der Waals surface area (Å²) in [6.45, 7) is 3.17. The molecular formula is C18H32BrNO. The summed E-state index contributed by atoms with van der Waals surface area (Å²) in [7, 11) is 0. The molecule has 0 aromatic heterocycles. The maximum Gasteiger partial charge on any atom is 0.223 e. The summed E-state index contributed by atoms with van der Waals surface area (Å²) in [5, 5.41) is 4.35. The van der Waals surface area contributed by atoms with Gasteiger partial charge in [0.2, 0.25) is 5.91 Å². The number of nitrogens with one attached hydrogen (secondary N) is 1. The van der Waals surface area contributed by atoms with Crippen molar-refractivity contribution < 1.29 is 4.79 Å². The van der Waals surface area contributed by atoms with Crippen LogP contribution in [0.3, 0.4) is 0 Å². The number of hydrogen-bond donors (Lipinski definition) is 1. The van der Waals surface area contributed by atoms with Gasteiger partial charge in [-0.05, 0) is 56.3 Å². The van der Waals surface area contributed by atoms with Crippen LogP contribution in [0.1, 0.15) is 71.1 Å². The molecule has 0 radical (unpaired) electrons. The zero-order chi connectivity index (χ0) is 15.1. The molecule has 0 aliphatic heterocycles. The fourth-order valence-corrected chi connectivity index (χ4v) is 5.02. The largest absolute Gasteiger partial charge is 0.356 e. The van der Waals surface area contributed by atoms with Gasteiger partial charge in [-0.15, -0.1) is 0 Å². The van der Waals surface area contributed by atoms with Gasteiger partial charge in [-0.2, -0.15) is 0 Å². The second-order valence-electron chi connectivity index (χ2n) is 7.21. The predicted molar refractivity (Wildman–Crippen MR) is 92.6 cm³/mol. The van der Waals surface area contributed by atoms with E-state index in [-0.39, 0.29) is 0 Å². The highest BCUT2D eigenvalue weighted by Gasteiger charge is 2.29. The van der Waals surface area contributed by atoms with Gasteiger partial charge in [-0.1, -0.05) is 48.5 Å². The van der Waals surface area contributed by atoms with E-state index in [1.165, 1.54) is 51.4 Å². The van der Waals surface area contributed by atoms with Crippen molar-refractivity contribution in [2.75, 3.05) is 11.9 Å². The first-order valence-electron chi connectivity index (χ1n) is 9.08. The average molecular weight is 358 g/mol. The summed E-state index contributed by atoms with van der Waals surface area (Å²) >= 11 is 3.61. The van der Waals surface area contributed by atoms with Crippen LogP contribution in [0.5, 0.6) is 0 Å². The van der Waals surface area contributed by atoms with Gasteiger partial charge in [0.15, 0.2) is 0 Å². The first-order valence-corrected chi connectivity index (χ1v) is 10.2. The number of carbonyl (C=O) groups is 1. The molecule has 3 heteroatoms. The van der Waals surface area contributed by atoms with Crippen LogP contribution in [-0.2, 0) is 4.79 Å². The minimum absolute atomic E-state index is 0.298. The summed E-state index contributed by atoms with van der Waals surface area (Å²) in [6, 6.07) is 0. The maximum absolute atomic E-state index is 12.3. The second-order valence-corrected chi connectivity index (χ2v) is 7.86. The quantitative estimate of drug-likeness (QED) is 0.644. The Balaban J connectivity index is 1.65. The van der Waals surface area contributed by atoms with E-state index >= 15 is 0 Å². The van der Waals surface area contributed by atoms with Crippen LogP contribution in [0, 0.1) is 23.7 Å². The number of rotatable bonds is 7. The molecule has 1 amide bonds. The van der Waals surface area contributed by atoms with E-state index < -0.39 is 0 Å². The van der Waals surface area contributed by atoms with Gasteiger partial charge in [-0.3, -0.25) is 4.79 Å². The minimum Gasteiger partial charge on any atom is -0.356 e. The monoisotopic (exact) mass is 357 g/mol. The average Bonchev–Trinajstić information content (AvgIpc) is 2.98. The Morgan fingerprint density at radius 3 is 2.48 bits per heavy atom. The van der Waals surface area contributed by atoms with Crippen LogP contribution in [0.25, 0.3) is 0 Å². The molecule has 1 N–H and O–H groups in total. The smallest absolute Gasteiger partial charge is 0.223 e. The zero-order valence-electron chi connectivity index (χ0n) is 13.6. The number of halogens is 1. The normalized spacial score (nSPS) is 33.0. The van der Waals surface area contributed by atoms with Crippen molar-refractivity contribution in [1.29, 1.82) is 0 Å². The van der Waals surface area contributed by atoms with E-state index in [1.807, 2.05) is 0 Å². The van der Waals surface area contributed by atoms with Crippen LogP contribution in [0.2, 0.25) is 0 Å². The van der Waals surface area contributed by atoms with Gasteiger partial charge >= 0.3 is 0 Å². The second kappa shape index (κ2) is 9.17. The highest BCUT2D eigenvalue weighted by atomic mass is 79.9. The number of carbonyl (C=O) groups excluding carboxylic acids is 1. The van der Waals surface area contributed by atoms with Crippen molar-refractivity contribution in [2.24, 2.45) is 23.7 Å². The molecule has 0 heterocycles. The first kappa shape index (κ1) is 17.3. The third-order valence-electron chi connectivity index (χ3n) is 5.74. The van der Waals surface area contributed by atoms with Gasteiger partial charge in [0, 0.05) is 17.8 Å². The SMILES string of the molecule is CCCCC1CCC(C(=O)NCC2CCCC2CBr)CC1. The lowest BCUT2D eigenvalue weighted by Gasteiger charge is -2.28. The van der Waals surface area contributed by atoms with Crippen molar-refractivity contribution in [1.82, 2.24) is 5.32 Å². The molecule has 2 atom stereocenters. The van der Waals surface area contributed by atoms with Crippen LogP contribution in [0.4, 0.5) is 0 Å². The molecule has 0 spiro atoms. The van der Waals surface area contributed by atoms with Crippen molar-refractivity contribution in [3.05, 3.63) is 0 Å². The Morgan fingerprint density at radius 2 is 1.81 bits per heavy atom. The Bertz CT molecular complexity index is 312. The molecule has 122 valence electrons. The van der Waals surface area contributed by atoms with Crippen LogP contribution in [-0.4, -0.2) is 17.8 Å². The Hall–Kier alpha value is -0.0500. The van der Waals surface area contributed by atoms with Gasteiger partial charge in [0.05, 0.1) is 0 Å². The standard InChI is InChI=1S/C18H32BrNO/c1-2-3-5-14-8-10-15(11-9-14)18(21)20-13-17-7-4-6-16(17)12-19/h14-17H,2-13H2,1H3,(H,20,21). The zero-order valence-corrected chi connectivity index (χ0v) is 15.2. The molecule has 0 aromatic rings. The molecule has 0 bridgehead atoms. The Labute approximate surface area is 139 Å². The molecule has 2 aliphatic rings. The summed E-state index contributed by atoms with van der Waals surface area (Å²) in [5.41, 5.74) is 0. The van der Waals surface area contributed by atoms with Crippen LogP contribution >= 0.6 is 15.9 Å². The Kier molecular flexibility index (Phi) is 7.56. The van der Waals surface area contributed by atoms with E-state index in [2.05, 4.69) is 28.2 Å². The van der Waals surface area contributed by atoms with Crippen molar-refractivity contribution in [3.8, 4) is 0 Å². The van der Waals surface area contributed by atoms with Gasteiger partial charge in [0.1, 0.15) is 0 Å². The fraction of sp³-hybridized carbons (Fsp3) is 0.944. The molecule has 2 nitrogen and oxygen atoms in total. The van der Waals surface area contributed by atoms with Crippen molar-refractivity contribution in [3.63, 3.8) is 0 Å². The summed E-state index contributed by atoms with van der Waals surface area (Å²) < 4.78 is 0. The summed E-state index contributed by atoms with van der Waals surface area (Å²) in [5.74, 6) is 3.00. The molecule has 2 fully saturated rings. The van der Waals surface area contributed by atoms with E-state index in [4.69, 9.17) is 0 Å². The topological polar surface area (TPSA) is 29.1 Å². The highest BCUT2D eigenvalue weighted by molar-refractivity contribution is 9.09. The molecule has 2 rings (SSSR count). The molecule has 2 saturated carbocycles. The lowest BCUT2D eigenvalue weighted by Crippen LogP contribution is -2.37. The summed E-state index contributed by atoms with van der Waals surface area (Å²) in [4.78, 5) is 12.3. The molecule has 0 aromatic carbocycles. The fourth-order valence-electron chi connectivity index (χ4n) is 4.17. The lowest BCUT2D eigenvalue weighted by molar-refractivity contribution is -0.126. The van der Waals surface area contributed by atoms with Gasteiger partial charge in [0.25, 0.3) is 0 Å². The molecule has 0 saturated heterocycles. The van der Waals surface area contributed by atoms with Crippen LogP contribution < -0.4 is 5.32 Å². The van der Waals surface area contributed by atoms with Crippen molar-refractivity contribution >= 4 is 21.8 Å². The van der Waals surface area contributed by atoms with E-state index in [9.17, 15) is 4.79 Å². The van der Waals surface area contributed by atoms with Gasteiger partial charge in [-0.25, -0.2) is 0 Å². The minimum atomic E-state index is 0.298.